The minimum absolute atomic E-state index is 0.345. The van der Waals surface area contributed by atoms with Crippen LogP contribution in [0.2, 0.25) is 0 Å². The second-order valence-corrected chi connectivity index (χ2v) is 5.89. The maximum absolute atomic E-state index is 11.8. The molecule has 108 valence electrons. The van der Waals surface area contributed by atoms with E-state index in [-0.39, 0.29) is 5.91 Å². The quantitative estimate of drug-likeness (QED) is 0.838. The van der Waals surface area contributed by atoms with Crippen LogP contribution in [0.4, 0.5) is 0 Å². The molecular formula is C15H19BrN2O2. The molecule has 5 heteroatoms. The van der Waals surface area contributed by atoms with Crippen molar-refractivity contribution in [2.75, 3.05) is 26.8 Å². The summed E-state index contributed by atoms with van der Waals surface area (Å²) >= 11 is 3.43. The van der Waals surface area contributed by atoms with Crippen molar-refractivity contribution in [1.82, 2.24) is 4.90 Å². The molecule has 1 aliphatic rings. The zero-order valence-corrected chi connectivity index (χ0v) is 13.1. The summed E-state index contributed by atoms with van der Waals surface area (Å²) in [7, 11) is 1.91. The Hall–Kier alpha value is -1.17. The topological polar surface area (TPSA) is 55.6 Å². The van der Waals surface area contributed by atoms with Gasteiger partial charge in [-0.1, -0.05) is 34.1 Å². The number of rotatable bonds is 5. The highest BCUT2D eigenvalue weighted by Gasteiger charge is 2.24. The molecule has 20 heavy (non-hydrogen) atoms. The second-order valence-electron chi connectivity index (χ2n) is 4.98. The van der Waals surface area contributed by atoms with E-state index in [1.165, 1.54) is 5.57 Å². The predicted molar refractivity (Wildman–Crippen MR) is 82.2 cm³/mol. The fourth-order valence-corrected chi connectivity index (χ4v) is 2.86. The van der Waals surface area contributed by atoms with Crippen molar-refractivity contribution in [1.29, 1.82) is 0 Å². The summed E-state index contributed by atoms with van der Waals surface area (Å²) in [5, 5.41) is 0. The summed E-state index contributed by atoms with van der Waals surface area (Å²) in [6, 6.07) is 7.25. The van der Waals surface area contributed by atoms with Gasteiger partial charge >= 0.3 is 0 Å². The zero-order valence-electron chi connectivity index (χ0n) is 11.5. The molecule has 0 radical (unpaired) electrons. The third-order valence-electron chi connectivity index (χ3n) is 3.31. The Bertz CT molecular complexity index is 516. The molecule has 2 rings (SSSR count). The van der Waals surface area contributed by atoms with E-state index in [0.717, 1.165) is 23.1 Å². The highest BCUT2D eigenvalue weighted by atomic mass is 79.9. The number of benzene rings is 1. The van der Waals surface area contributed by atoms with Gasteiger partial charge in [-0.15, -0.1) is 0 Å². The standard InChI is InChI=1S/C15H19BrN2O2/c1-18(9-11-4-3-7-20-10-11)14(15(17)19)12-5-2-6-13(16)8-12/h2,4-6,8,14H,3,7,9-10H2,1H3,(H2,17,19)/t14-/m0/s1. The molecule has 0 aliphatic carbocycles. The number of nitrogens with zero attached hydrogens (tertiary/aromatic N) is 1. The van der Waals surface area contributed by atoms with E-state index in [9.17, 15) is 4.79 Å². The fourth-order valence-electron chi connectivity index (χ4n) is 2.44. The monoisotopic (exact) mass is 338 g/mol. The lowest BCUT2D eigenvalue weighted by molar-refractivity contribution is -0.122. The van der Waals surface area contributed by atoms with Crippen LogP contribution >= 0.6 is 15.9 Å². The number of primary amides is 1. The molecule has 0 fully saturated rings. The van der Waals surface area contributed by atoms with Gasteiger partial charge in [0.2, 0.25) is 5.91 Å². The van der Waals surface area contributed by atoms with E-state index in [1.54, 1.807) is 0 Å². The molecule has 1 atom stereocenters. The van der Waals surface area contributed by atoms with Gasteiger partial charge in [0.05, 0.1) is 13.2 Å². The maximum Gasteiger partial charge on any atom is 0.239 e. The van der Waals surface area contributed by atoms with Gasteiger partial charge in [0.1, 0.15) is 6.04 Å². The van der Waals surface area contributed by atoms with Crippen LogP contribution in [0, 0.1) is 0 Å². The van der Waals surface area contributed by atoms with Gasteiger partial charge in [-0.2, -0.15) is 0 Å². The lowest BCUT2D eigenvalue weighted by Crippen LogP contribution is -2.37. The third-order valence-corrected chi connectivity index (χ3v) is 3.80. The minimum atomic E-state index is -0.435. The molecule has 2 N–H and O–H groups in total. The first-order valence-electron chi connectivity index (χ1n) is 6.58. The SMILES string of the molecule is CN(CC1=CCCOC1)[C@H](C(N)=O)c1cccc(Br)c1. The van der Waals surface area contributed by atoms with Crippen molar-refractivity contribution in [2.45, 2.75) is 12.5 Å². The first kappa shape index (κ1) is 15.2. The Balaban J connectivity index is 2.15. The van der Waals surface area contributed by atoms with Crippen molar-refractivity contribution in [2.24, 2.45) is 5.73 Å². The molecule has 1 aromatic rings. The number of halogens is 1. The van der Waals surface area contributed by atoms with E-state index in [2.05, 4.69) is 22.0 Å². The summed E-state index contributed by atoms with van der Waals surface area (Å²) in [5.41, 5.74) is 7.67. The van der Waals surface area contributed by atoms with Crippen LogP contribution in [0.5, 0.6) is 0 Å². The first-order valence-corrected chi connectivity index (χ1v) is 7.38. The summed E-state index contributed by atoms with van der Waals surface area (Å²) < 4.78 is 6.37. The van der Waals surface area contributed by atoms with Gasteiger partial charge in [0.15, 0.2) is 0 Å². The molecule has 0 unspecified atom stereocenters. The van der Waals surface area contributed by atoms with Gasteiger partial charge in [-0.05, 0) is 36.7 Å². The molecule has 0 spiro atoms. The fraction of sp³-hybridized carbons (Fsp3) is 0.400. The highest BCUT2D eigenvalue weighted by molar-refractivity contribution is 9.10. The lowest BCUT2D eigenvalue weighted by atomic mass is 10.0. The summed E-state index contributed by atoms with van der Waals surface area (Å²) in [6.07, 6.45) is 3.11. The van der Waals surface area contributed by atoms with Crippen molar-refractivity contribution in [3.63, 3.8) is 0 Å². The highest BCUT2D eigenvalue weighted by Crippen LogP contribution is 2.23. The largest absolute Gasteiger partial charge is 0.377 e. The normalized spacial score (nSPS) is 16.9. The smallest absolute Gasteiger partial charge is 0.239 e. The van der Waals surface area contributed by atoms with Gasteiger partial charge in [0.25, 0.3) is 0 Å². The van der Waals surface area contributed by atoms with Crippen LogP contribution in [-0.2, 0) is 9.53 Å². The van der Waals surface area contributed by atoms with Crippen LogP contribution < -0.4 is 5.73 Å². The summed E-state index contributed by atoms with van der Waals surface area (Å²) in [6.45, 7) is 2.09. The number of hydrogen-bond acceptors (Lipinski definition) is 3. The zero-order chi connectivity index (χ0) is 14.5. The number of ether oxygens (including phenoxy) is 1. The molecule has 1 amide bonds. The predicted octanol–water partition coefficient (Wildman–Crippen LogP) is 2.25. The van der Waals surface area contributed by atoms with Crippen LogP contribution in [0.15, 0.2) is 40.4 Å². The van der Waals surface area contributed by atoms with Gasteiger partial charge < -0.3 is 10.5 Å². The van der Waals surface area contributed by atoms with E-state index in [4.69, 9.17) is 10.5 Å². The van der Waals surface area contributed by atoms with Crippen molar-refractivity contribution >= 4 is 21.8 Å². The minimum Gasteiger partial charge on any atom is -0.377 e. The summed E-state index contributed by atoms with van der Waals surface area (Å²) in [4.78, 5) is 13.8. The lowest BCUT2D eigenvalue weighted by Gasteiger charge is -2.28. The Morgan fingerprint density at radius 2 is 2.35 bits per heavy atom. The number of carbonyl (C=O) groups is 1. The maximum atomic E-state index is 11.8. The third kappa shape index (κ3) is 3.91. The first-order chi connectivity index (χ1) is 9.58. The Morgan fingerprint density at radius 1 is 1.55 bits per heavy atom. The Morgan fingerprint density at radius 3 is 2.95 bits per heavy atom. The Kier molecular flexibility index (Phi) is 5.34. The molecule has 0 aromatic heterocycles. The molecule has 0 bridgehead atoms. The molecular weight excluding hydrogens is 320 g/mol. The summed E-state index contributed by atoms with van der Waals surface area (Å²) in [5.74, 6) is -0.345. The molecule has 0 saturated heterocycles. The van der Waals surface area contributed by atoms with Gasteiger partial charge in [-0.3, -0.25) is 9.69 Å². The average Bonchev–Trinajstić information content (AvgIpc) is 2.39. The second kappa shape index (κ2) is 7.02. The van der Waals surface area contributed by atoms with Crippen molar-refractivity contribution in [3.05, 3.63) is 46.0 Å². The van der Waals surface area contributed by atoms with Crippen molar-refractivity contribution in [3.8, 4) is 0 Å². The van der Waals surface area contributed by atoms with Crippen LogP contribution in [0.3, 0.4) is 0 Å². The molecule has 4 nitrogen and oxygen atoms in total. The average molecular weight is 339 g/mol. The van der Waals surface area contributed by atoms with Crippen LogP contribution in [0.25, 0.3) is 0 Å². The number of likely N-dealkylation sites (N-methyl/N-ethyl adjacent to an activating group) is 1. The van der Waals surface area contributed by atoms with Gasteiger partial charge in [-0.25, -0.2) is 0 Å². The van der Waals surface area contributed by atoms with Gasteiger partial charge in [0, 0.05) is 11.0 Å². The number of carbonyl (C=O) groups excluding carboxylic acids is 1. The molecule has 1 heterocycles. The van der Waals surface area contributed by atoms with Crippen molar-refractivity contribution < 1.29 is 9.53 Å². The van der Waals surface area contributed by atoms with Crippen LogP contribution in [0.1, 0.15) is 18.0 Å². The Labute approximate surface area is 127 Å². The molecule has 1 aliphatic heterocycles. The van der Waals surface area contributed by atoms with E-state index >= 15 is 0 Å². The van der Waals surface area contributed by atoms with E-state index in [1.807, 2.05) is 36.2 Å². The van der Waals surface area contributed by atoms with E-state index < -0.39 is 6.04 Å². The number of amides is 1. The molecule has 1 aromatic carbocycles. The molecule has 0 saturated carbocycles. The van der Waals surface area contributed by atoms with Crippen LogP contribution in [-0.4, -0.2) is 37.6 Å². The van der Waals surface area contributed by atoms with E-state index in [0.29, 0.717) is 13.2 Å². The number of hydrogen-bond donors (Lipinski definition) is 1. The number of nitrogens with two attached hydrogens (primary N) is 1.